The summed E-state index contributed by atoms with van der Waals surface area (Å²) in [5, 5.41) is 7.18. The first kappa shape index (κ1) is 14.5. The molecule has 22 heavy (non-hydrogen) atoms. The van der Waals surface area contributed by atoms with E-state index in [1.807, 2.05) is 30.5 Å². The van der Waals surface area contributed by atoms with Crippen LogP contribution in [-0.2, 0) is 24.2 Å². The van der Waals surface area contributed by atoms with Gasteiger partial charge in [0.2, 0.25) is 5.91 Å². The number of anilines is 1. The number of hydrogen-bond acceptors (Lipinski definition) is 3. The van der Waals surface area contributed by atoms with Gasteiger partial charge in [-0.05, 0) is 30.9 Å². The summed E-state index contributed by atoms with van der Waals surface area (Å²) in [4.78, 5) is 24.0. The fourth-order valence-corrected chi connectivity index (χ4v) is 2.81. The zero-order chi connectivity index (χ0) is 15.5. The van der Waals surface area contributed by atoms with Crippen molar-refractivity contribution in [1.82, 2.24) is 9.78 Å². The van der Waals surface area contributed by atoms with Crippen molar-refractivity contribution in [2.45, 2.75) is 39.2 Å². The van der Waals surface area contributed by atoms with Crippen molar-refractivity contribution < 1.29 is 9.59 Å². The van der Waals surface area contributed by atoms with Crippen LogP contribution in [0, 0.1) is 0 Å². The van der Waals surface area contributed by atoms with Gasteiger partial charge in [-0.15, -0.1) is 0 Å². The van der Waals surface area contributed by atoms with Gasteiger partial charge in [0.05, 0.1) is 0 Å². The minimum atomic E-state index is -0.131. The Hall–Kier alpha value is -2.43. The van der Waals surface area contributed by atoms with E-state index >= 15 is 0 Å². The van der Waals surface area contributed by atoms with Crippen LogP contribution in [0.1, 0.15) is 41.4 Å². The number of carbonyl (C=O) groups excluding carboxylic acids is 2. The van der Waals surface area contributed by atoms with E-state index in [9.17, 15) is 9.59 Å². The molecule has 5 nitrogen and oxygen atoms in total. The van der Waals surface area contributed by atoms with Gasteiger partial charge in [0.1, 0.15) is 12.2 Å². The number of amides is 1. The SMILES string of the molecule is CCc1ccccc1NC(=O)Cn1cc2c(n1)C(=O)CCC2. The van der Waals surface area contributed by atoms with Crippen LogP contribution in [0.4, 0.5) is 5.69 Å². The van der Waals surface area contributed by atoms with Gasteiger partial charge in [-0.2, -0.15) is 5.10 Å². The fraction of sp³-hybridized carbons (Fsp3) is 0.353. The van der Waals surface area contributed by atoms with Crippen LogP contribution in [0.25, 0.3) is 0 Å². The second-order valence-corrected chi connectivity index (χ2v) is 5.54. The van der Waals surface area contributed by atoms with Gasteiger partial charge in [0.15, 0.2) is 5.78 Å². The average molecular weight is 297 g/mol. The Bertz CT molecular complexity index is 718. The summed E-state index contributed by atoms with van der Waals surface area (Å²) in [5.74, 6) is -0.0510. The Morgan fingerprint density at radius 1 is 1.32 bits per heavy atom. The van der Waals surface area contributed by atoms with Crippen LogP contribution >= 0.6 is 0 Å². The van der Waals surface area contributed by atoms with E-state index in [2.05, 4.69) is 17.3 Å². The number of nitrogens with one attached hydrogen (secondary N) is 1. The molecule has 0 bridgehead atoms. The van der Waals surface area contributed by atoms with Gasteiger partial charge in [-0.1, -0.05) is 25.1 Å². The second-order valence-electron chi connectivity index (χ2n) is 5.54. The summed E-state index contributed by atoms with van der Waals surface area (Å²) in [5.41, 5.74) is 3.43. The maximum absolute atomic E-state index is 12.2. The minimum absolute atomic E-state index is 0.0803. The quantitative estimate of drug-likeness (QED) is 0.943. The van der Waals surface area contributed by atoms with Crippen LogP contribution < -0.4 is 5.32 Å². The maximum atomic E-state index is 12.2. The number of rotatable bonds is 4. The van der Waals surface area contributed by atoms with Gasteiger partial charge in [-0.25, -0.2) is 0 Å². The molecular formula is C17H19N3O2. The van der Waals surface area contributed by atoms with Crippen LogP contribution in [0.3, 0.4) is 0 Å². The van der Waals surface area contributed by atoms with Crippen molar-refractivity contribution in [3.8, 4) is 0 Å². The molecule has 2 aromatic rings. The molecule has 1 aromatic heterocycles. The zero-order valence-electron chi connectivity index (χ0n) is 12.6. The number of aromatic nitrogens is 2. The highest BCUT2D eigenvalue weighted by atomic mass is 16.2. The lowest BCUT2D eigenvalue weighted by Crippen LogP contribution is -2.20. The van der Waals surface area contributed by atoms with E-state index in [0.29, 0.717) is 12.1 Å². The lowest BCUT2D eigenvalue weighted by molar-refractivity contribution is -0.116. The molecule has 3 rings (SSSR count). The molecular weight excluding hydrogens is 278 g/mol. The molecule has 0 spiro atoms. The van der Waals surface area contributed by atoms with Crippen molar-refractivity contribution in [1.29, 1.82) is 0 Å². The first-order valence-corrected chi connectivity index (χ1v) is 7.64. The first-order valence-electron chi connectivity index (χ1n) is 7.64. The highest BCUT2D eigenvalue weighted by Gasteiger charge is 2.21. The molecule has 0 fully saturated rings. The molecule has 1 heterocycles. The fourth-order valence-electron chi connectivity index (χ4n) is 2.81. The number of hydrogen-bond donors (Lipinski definition) is 1. The number of para-hydroxylation sites is 1. The largest absolute Gasteiger partial charge is 0.324 e. The number of fused-ring (bicyclic) bond motifs is 1. The average Bonchev–Trinajstić information content (AvgIpc) is 2.91. The predicted octanol–water partition coefficient (Wildman–Crippen LogP) is 2.60. The van der Waals surface area contributed by atoms with Gasteiger partial charge in [-0.3, -0.25) is 14.3 Å². The molecule has 0 aliphatic heterocycles. The Labute approximate surface area is 129 Å². The molecule has 5 heteroatoms. The third-order valence-electron chi connectivity index (χ3n) is 3.93. The molecule has 114 valence electrons. The molecule has 0 radical (unpaired) electrons. The van der Waals surface area contributed by atoms with E-state index in [4.69, 9.17) is 0 Å². The maximum Gasteiger partial charge on any atom is 0.246 e. The lowest BCUT2D eigenvalue weighted by atomic mass is 9.97. The van der Waals surface area contributed by atoms with Crippen molar-refractivity contribution in [2.75, 3.05) is 5.32 Å². The topological polar surface area (TPSA) is 64.0 Å². The van der Waals surface area contributed by atoms with Crippen LogP contribution in [-0.4, -0.2) is 21.5 Å². The van der Waals surface area contributed by atoms with Crippen LogP contribution in [0.15, 0.2) is 30.5 Å². The molecule has 0 atom stereocenters. The molecule has 1 amide bonds. The number of nitrogens with zero attached hydrogens (tertiary/aromatic N) is 2. The van der Waals surface area contributed by atoms with E-state index in [-0.39, 0.29) is 18.2 Å². The number of ketones is 1. The number of aryl methyl sites for hydroxylation is 2. The van der Waals surface area contributed by atoms with Crippen molar-refractivity contribution >= 4 is 17.4 Å². The van der Waals surface area contributed by atoms with Crippen molar-refractivity contribution in [3.05, 3.63) is 47.3 Å². The highest BCUT2D eigenvalue weighted by molar-refractivity contribution is 5.96. The van der Waals surface area contributed by atoms with Crippen molar-refractivity contribution in [2.24, 2.45) is 0 Å². The number of Topliss-reactive ketones (excluding diaryl/α,β-unsaturated/α-hetero) is 1. The monoisotopic (exact) mass is 297 g/mol. The Kier molecular flexibility index (Phi) is 4.04. The predicted molar refractivity (Wildman–Crippen MR) is 83.9 cm³/mol. The van der Waals surface area contributed by atoms with Crippen LogP contribution in [0.2, 0.25) is 0 Å². The summed E-state index contributed by atoms with van der Waals surface area (Å²) < 4.78 is 1.57. The Balaban J connectivity index is 1.71. The normalized spacial score (nSPS) is 13.8. The summed E-state index contributed by atoms with van der Waals surface area (Å²) in [6.07, 6.45) is 4.97. The van der Waals surface area contributed by atoms with Gasteiger partial charge in [0.25, 0.3) is 0 Å². The molecule has 0 saturated carbocycles. The van der Waals surface area contributed by atoms with Crippen LogP contribution in [0.5, 0.6) is 0 Å². The summed E-state index contributed by atoms with van der Waals surface area (Å²) in [6, 6.07) is 7.76. The third-order valence-corrected chi connectivity index (χ3v) is 3.93. The highest BCUT2D eigenvalue weighted by Crippen LogP contribution is 2.20. The van der Waals surface area contributed by atoms with Gasteiger partial charge >= 0.3 is 0 Å². The molecule has 1 aliphatic carbocycles. The van der Waals surface area contributed by atoms with Gasteiger partial charge in [0, 0.05) is 23.9 Å². The third kappa shape index (κ3) is 2.93. The Morgan fingerprint density at radius 2 is 2.14 bits per heavy atom. The van der Waals surface area contributed by atoms with E-state index in [1.54, 1.807) is 4.68 Å². The van der Waals surface area contributed by atoms with E-state index in [0.717, 1.165) is 36.1 Å². The van der Waals surface area contributed by atoms with E-state index < -0.39 is 0 Å². The van der Waals surface area contributed by atoms with Crippen molar-refractivity contribution in [3.63, 3.8) is 0 Å². The molecule has 1 aromatic carbocycles. The second kappa shape index (κ2) is 6.13. The molecule has 0 unspecified atom stereocenters. The van der Waals surface area contributed by atoms with E-state index in [1.165, 1.54) is 0 Å². The number of benzene rings is 1. The summed E-state index contributed by atoms with van der Waals surface area (Å²) >= 11 is 0. The summed E-state index contributed by atoms with van der Waals surface area (Å²) in [7, 11) is 0. The number of carbonyl (C=O) groups is 2. The zero-order valence-corrected chi connectivity index (χ0v) is 12.6. The standard InChI is InChI=1S/C17H19N3O2/c1-2-12-6-3-4-8-14(12)18-16(22)11-20-10-13-7-5-9-15(21)17(13)19-20/h3-4,6,8,10H,2,5,7,9,11H2,1H3,(H,18,22). The first-order chi connectivity index (χ1) is 10.7. The Morgan fingerprint density at radius 3 is 2.91 bits per heavy atom. The minimum Gasteiger partial charge on any atom is -0.324 e. The lowest BCUT2D eigenvalue weighted by Gasteiger charge is -2.09. The molecule has 1 aliphatic rings. The summed E-state index contributed by atoms with van der Waals surface area (Å²) in [6.45, 7) is 2.18. The smallest absolute Gasteiger partial charge is 0.246 e. The molecule has 0 saturated heterocycles. The van der Waals surface area contributed by atoms with Gasteiger partial charge < -0.3 is 5.32 Å². The molecule has 1 N–H and O–H groups in total.